The summed E-state index contributed by atoms with van der Waals surface area (Å²) >= 11 is 1.60. The third kappa shape index (κ3) is 3.63. The van der Waals surface area contributed by atoms with Crippen LogP contribution in [0, 0.1) is 12.7 Å². The van der Waals surface area contributed by atoms with E-state index in [-0.39, 0.29) is 18.5 Å². The first kappa shape index (κ1) is 16.6. The van der Waals surface area contributed by atoms with Crippen molar-refractivity contribution in [2.75, 3.05) is 11.9 Å². The van der Waals surface area contributed by atoms with Gasteiger partial charge in [-0.3, -0.25) is 4.68 Å². The number of anilines is 1. The van der Waals surface area contributed by atoms with E-state index in [0.29, 0.717) is 6.54 Å². The van der Waals surface area contributed by atoms with Crippen molar-refractivity contribution in [3.8, 4) is 10.6 Å². The van der Waals surface area contributed by atoms with Gasteiger partial charge in [0.1, 0.15) is 10.8 Å². The molecule has 7 heteroatoms. The molecule has 0 fully saturated rings. The van der Waals surface area contributed by atoms with E-state index in [1.165, 1.54) is 12.1 Å². The highest BCUT2D eigenvalue weighted by atomic mass is 32.1. The minimum atomic E-state index is -0.248. The summed E-state index contributed by atoms with van der Waals surface area (Å²) in [6.07, 6.45) is 3.60. The van der Waals surface area contributed by atoms with Gasteiger partial charge in [0.15, 0.2) is 0 Å². The molecule has 0 saturated carbocycles. The van der Waals surface area contributed by atoms with Crippen molar-refractivity contribution in [3.05, 3.63) is 53.0 Å². The molecule has 1 atom stereocenters. The van der Waals surface area contributed by atoms with Gasteiger partial charge in [0.25, 0.3) is 0 Å². The van der Waals surface area contributed by atoms with Gasteiger partial charge in [0.05, 0.1) is 36.8 Å². The molecule has 0 aliphatic heterocycles. The van der Waals surface area contributed by atoms with Crippen molar-refractivity contribution in [2.24, 2.45) is 0 Å². The fourth-order valence-corrected chi connectivity index (χ4v) is 3.58. The molecular weight excluding hydrogens is 327 g/mol. The van der Waals surface area contributed by atoms with E-state index in [9.17, 15) is 4.39 Å². The van der Waals surface area contributed by atoms with E-state index in [1.54, 1.807) is 34.3 Å². The molecular formula is C17H19FN4OS. The smallest absolute Gasteiger partial charge is 0.123 e. The third-order valence-corrected chi connectivity index (χ3v) is 5.05. The zero-order valence-electron chi connectivity index (χ0n) is 13.5. The zero-order chi connectivity index (χ0) is 17.1. The SMILES string of the molecule is Cc1nc(-c2ccc(F)cc2)sc1C(C)Nc1cnn(CCO)c1. The van der Waals surface area contributed by atoms with Crippen molar-refractivity contribution in [1.82, 2.24) is 14.8 Å². The van der Waals surface area contributed by atoms with Crippen LogP contribution in [0.2, 0.25) is 0 Å². The van der Waals surface area contributed by atoms with Crippen LogP contribution >= 0.6 is 11.3 Å². The number of aliphatic hydroxyl groups excluding tert-OH is 1. The minimum Gasteiger partial charge on any atom is -0.394 e. The first-order chi connectivity index (χ1) is 11.6. The van der Waals surface area contributed by atoms with E-state index in [4.69, 9.17) is 5.11 Å². The summed E-state index contributed by atoms with van der Waals surface area (Å²) < 4.78 is 14.8. The van der Waals surface area contributed by atoms with Crippen molar-refractivity contribution in [2.45, 2.75) is 26.4 Å². The summed E-state index contributed by atoms with van der Waals surface area (Å²) in [4.78, 5) is 5.74. The Labute approximate surface area is 143 Å². The molecule has 2 heterocycles. The Morgan fingerprint density at radius 3 is 2.79 bits per heavy atom. The molecule has 0 saturated heterocycles. The van der Waals surface area contributed by atoms with Gasteiger partial charge in [-0.1, -0.05) is 0 Å². The van der Waals surface area contributed by atoms with Crippen LogP contribution in [0.1, 0.15) is 23.5 Å². The molecule has 3 rings (SSSR count). The standard InChI is InChI=1S/C17H19FN4OS/c1-11(20-15-9-19-22(10-15)7-8-23)16-12(2)21-17(24-16)13-3-5-14(18)6-4-13/h3-6,9-11,20,23H,7-8H2,1-2H3. The lowest BCUT2D eigenvalue weighted by Crippen LogP contribution is -2.06. The van der Waals surface area contributed by atoms with Crippen LogP contribution in [0.25, 0.3) is 10.6 Å². The number of benzene rings is 1. The van der Waals surface area contributed by atoms with Gasteiger partial charge in [0.2, 0.25) is 0 Å². The second kappa shape index (κ2) is 7.11. The van der Waals surface area contributed by atoms with Crippen molar-refractivity contribution >= 4 is 17.0 Å². The Morgan fingerprint density at radius 1 is 1.33 bits per heavy atom. The number of aromatic nitrogens is 3. The highest BCUT2D eigenvalue weighted by Crippen LogP contribution is 2.33. The lowest BCUT2D eigenvalue weighted by atomic mass is 10.2. The Kier molecular flexibility index (Phi) is 4.92. The average molecular weight is 346 g/mol. The predicted molar refractivity (Wildman–Crippen MR) is 93.6 cm³/mol. The van der Waals surface area contributed by atoms with E-state index < -0.39 is 0 Å². The lowest BCUT2D eigenvalue weighted by Gasteiger charge is -2.12. The van der Waals surface area contributed by atoms with E-state index >= 15 is 0 Å². The number of aryl methyl sites for hydroxylation is 1. The number of hydrogen-bond donors (Lipinski definition) is 2. The molecule has 2 N–H and O–H groups in total. The van der Waals surface area contributed by atoms with Crippen molar-refractivity contribution < 1.29 is 9.50 Å². The molecule has 0 spiro atoms. The maximum Gasteiger partial charge on any atom is 0.123 e. The van der Waals surface area contributed by atoms with E-state index in [2.05, 4.69) is 22.3 Å². The molecule has 0 bridgehead atoms. The largest absolute Gasteiger partial charge is 0.394 e. The molecule has 2 aromatic heterocycles. The lowest BCUT2D eigenvalue weighted by molar-refractivity contribution is 0.269. The molecule has 0 aliphatic rings. The molecule has 3 aromatic rings. The summed E-state index contributed by atoms with van der Waals surface area (Å²) in [5.41, 5.74) is 2.77. The summed E-state index contributed by atoms with van der Waals surface area (Å²) in [7, 11) is 0. The van der Waals surface area contributed by atoms with Gasteiger partial charge >= 0.3 is 0 Å². The summed E-state index contributed by atoms with van der Waals surface area (Å²) in [6.45, 7) is 4.58. The second-order valence-electron chi connectivity index (χ2n) is 5.56. The molecule has 0 radical (unpaired) electrons. The monoisotopic (exact) mass is 346 g/mol. The van der Waals surface area contributed by atoms with Crippen LogP contribution in [-0.4, -0.2) is 26.5 Å². The van der Waals surface area contributed by atoms with Crippen LogP contribution in [0.5, 0.6) is 0 Å². The number of nitrogens with zero attached hydrogens (tertiary/aromatic N) is 3. The van der Waals surface area contributed by atoms with Crippen LogP contribution in [0.15, 0.2) is 36.7 Å². The Bertz CT molecular complexity index is 812. The highest BCUT2D eigenvalue weighted by molar-refractivity contribution is 7.15. The quantitative estimate of drug-likeness (QED) is 0.716. The minimum absolute atomic E-state index is 0.0612. The van der Waals surface area contributed by atoms with Gasteiger partial charge in [-0.2, -0.15) is 5.10 Å². The molecule has 24 heavy (non-hydrogen) atoms. The number of hydrogen-bond acceptors (Lipinski definition) is 5. The number of nitrogens with one attached hydrogen (secondary N) is 1. The zero-order valence-corrected chi connectivity index (χ0v) is 14.3. The number of aliphatic hydroxyl groups is 1. The maximum absolute atomic E-state index is 13.1. The summed E-state index contributed by atoms with van der Waals surface area (Å²) in [5, 5.41) is 17.4. The maximum atomic E-state index is 13.1. The number of thiazole rings is 1. The fraction of sp³-hybridized carbons (Fsp3) is 0.294. The molecule has 1 unspecified atom stereocenters. The van der Waals surface area contributed by atoms with Gasteiger partial charge in [-0.15, -0.1) is 11.3 Å². The first-order valence-corrected chi connectivity index (χ1v) is 8.51. The molecule has 0 amide bonds. The van der Waals surface area contributed by atoms with Crippen LogP contribution < -0.4 is 5.32 Å². The summed E-state index contributed by atoms with van der Waals surface area (Å²) in [6, 6.07) is 6.46. The molecule has 1 aromatic carbocycles. The van der Waals surface area contributed by atoms with Crippen molar-refractivity contribution in [1.29, 1.82) is 0 Å². The van der Waals surface area contributed by atoms with E-state index in [0.717, 1.165) is 26.8 Å². The van der Waals surface area contributed by atoms with Gasteiger partial charge in [-0.05, 0) is 38.1 Å². The predicted octanol–water partition coefficient (Wildman–Crippen LogP) is 3.62. The van der Waals surface area contributed by atoms with Crippen LogP contribution in [0.4, 0.5) is 10.1 Å². The Morgan fingerprint density at radius 2 is 2.08 bits per heavy atom. The Hall–Kier alpha value is -2.25. The van der Waals surface area contributed by atoms with Crippen LogP contribution in [0.3, 0.4) is 0 Å². The highest BCUT2D eigenvalue weighted by Gasteiger charge is 2.16. The van der Waals surface area contributed by atoms with E-state index in [1.807, 2.05) is 13.1 Å². The third-order valence-electron chi connectivity index (χ3n) is 3.66. The van der Waals surface area contributed by atoms with Crippen molar-refractivity contribution in [3.63, 3.8) is 0 Å². The van der Waals surface area contributed by atoms with Gasteiger partial charge in [-0.25, -0.2) is 9.37 Å². The first-order valence-electron chi connectivity index (χ1n) is 7.70. The topological polar surface area (TPSA) is 63.0 Å². The molecule has 5 nitrogen and oxygen atoms in total. The molecule has 126 valence electrons. The summed E-state index contributed by atoms with van der Waals surface area (Å²) in [5.74, 6) is -0.248. The second-order valence-corrected chi connectivity index (χ2v) is 6.59. The number of rotatable bonds is 6. The fourth-order valence-electron chi connectivity index (χ4n) is 2.50. The number of halogens is 1. The Balaban J connectivity index is 1.77. The molecule has 0 aliphatic carbocycles. The normalized spacial score (nSPS) is 12.3. The van der Waals surface area contributed by atoms with Crippen LogP contribution in [-0.2, 0) is 6.54 Å². The van der Waals surface area contributed by atoms with Gasteiger partial charge in [0, 0.05) is 16.6 Å². The van der Waals surface area contributed by atoms with Gasteiger partial charge < -0.3 is 10.4 Å². The average Bonchev–Trinajstić information content (AvgIpc) is 3.15.